The molecular weight excluding hydrogens is 286 g/mol. The van der Waals surface area contributed by atoms with Crippen LogP contribution in [-0.4, -0.2) is 12.5 Å². The highest BCUT2D eigenvalue weighted by Gasteiger charge is 2.04. The second-order valence-electron chi connectivity index (χ2n) is 4.55. The van der Waals surface area contributed by atoms with Gasteiger partial charge in [0.2, 0.25) is 5.91 Å². The van der Waals surface area contributed by atoms with E-state index in [0.29, 0.717) is 16.3 Å². The first-order chi connectivity index (χ1) is 10.1. The standard InChI is InChI=1S/C16H14ClN3O/c1-11-8-13(17)4-7-15(11)19-10-16(21)20-14-5-2-12(9-18)3-6-14/h2-8,19H,10H2,1H3,(H,20,21). The summed E-state index contributed by atoms with van der Waals surface area (Å²) < 4.78 is 0. The van der Waals surface area contributed by atoms with Crippen LogP contribution in [0, 0.1) is 18.3 Å². The first kappa shape index (κ1) is 14.9. The van der Waals surface area contributed by atoms with Crippen molar-refractivity contribution in [2.24, 2.45) is 0 Å². The van der Waals surface area contributed by atoms with E-state index in [1.165, 1.54) is 0 Å². The minimum Gasteiger partial charge on any atom is -0.376 e. The van der Waals surface area contributed by atoms with Crippen LogP contribution in [0.3, 0.4) is 0 Å². The number of carbonyl (C=O) groups excluding carboxylic acids is 1. The van der Waals surface area contributed by atoms with Gasteiger partial charge in [0.1, 0.15) is 0 Å². The average Bonchev–Trinajstić information content (AvgIpc) is 2.47. The minimum absolute atomic E-state index is 0.155. The Morgan fingerprint density at radius 3 is 2.57 bits per heavy atom. The van der Waals surface area contributed by atoms with Crippen LogP contribution in [0.5, 0.6) is 0 Å². The monoisotopic (exact) mass is 299 g/mol. The second kappa shape index (κ2) is 6.78. The molecule has 2 N–H and O–H groups in total. The summed E-state index contributed by atoms with van der Waals surface area (Å²) in [5.74, 6) is -0.158. The number of hydrogen-bond acceptors (Lipinski definition) is 3. The summed E-state index contributed by atoms with van der Waals surface area (Å²) in [7, 11) is 0. The molecule has 0 radical (unpaired) electrons. The van der Waals surface area contributed by atoms with Crippen molar-refractivity contribution in [3.05, 3.63) is 58.6 Å². The molecule has 1 amide bonds. The number of aryl methyl sites for hydroxylation is 1. The van der Waals surface area contributed by atoms with Crippen molar-refractivity contribution >= 4 is 28.9 Å². The Bertz CT molecular complexity index is 690. The van der Waals surface area contributed by atoms with Crippen molar-refractivity contribution < 1.29 is 4.79 Å². The van der Waals surface area contributed by atoms with Gasteiger partial charge in [-0.25, -0.2) is 0 Å². The third kappa shape index (κ3) is 4.23. The summed E-state index contributed by atoms with van der Waals surface area (Å²) in [4.78, 5) is 11.9. The van der Waals surface area contributed by atoms with E-state index in [4.69, 9.17) is 16.9 Å². The molecule has 0 aliphatic carbocycles. The molecule has 5 heteroatoms. The molecule has 2 rings (SSSR count). The molecule has 0 heterocycles. The lowest BCUT2D eigenvalue weighted by Crippen LogP contribution is -2.22. The zero-order valence-corrected chi connectivity index (χ0v) is 12.2. The van der Waals surface area contributed by atoms with E-state index in [0.717, 1.165) is 11.3 Å². The molecule has 0 saturated carbocycles. The Morgan fingerprint density at radius 1 is 1.24 bits per heavy atom. The predicted molar refractivity (Wildman–Crippen MR) is 84.5 cm³/mol. The van der Waals surface area contributed by atoms with Crippen LogP contribution < -0.4 is 10.6 Å². The van der Waals surface area contributed by atoms with E-state index in [1.54, 1.807) is 30.3 Å². The summed E-state index contributed by atoms with van der Waals surface area (Å²) >= 11 is 5.88. The number of carbonyl (C=O) groups is 1. The fourth-order valence-corrected chi connectivity index (χ4v) is 2.06. The predicted octanol–water partition coefficient (Wildman–Crippen LogP) is 3.57. The van der Waals surface area contributed by atoms with Gasteiger partial charge in [-0.2, -0.15) is 5.26 Å². The zero-order chi connectivity index (χ0) is 15.2. The van der Waals surface area contributed by atoms with Gasteiger partial charge < -0.3 is 10.6 Å². The number of nitrogens with one attached hydrogen (secondary N) is 2. The van der Waals surface area contributed by atoms with E-state index in [9.17, 15) is 4.79 Å². The number of nitriles is 1. The van der Waals surface area contributed by atoms with Crippen LogP contribution in [0.25, 0.3) is 0 Å². The van der Waals surface area contributed by atoms with Crippen LogP contribution in [0.2, 0.25) is 5.02 Å². The van der Waals surface area contributed by atoms with Gasteiger partial charge in [-0.3, -0.25) is 4.79 Å². The second-order valence-corrected chi connectivity index (χ2v) is 4.99. The van der Waals surface area contributed by atoms with E-state index in [1.807, 2.05) is 25.1 Å². The number of halogens is 1. The van der Waals surface area contributed by atoms with Crippen LogP contribution in [0.1, 0.15) is 11.1 Å². The molecule has 0 unspecified atom stereocenters. The number of anilines is 2. The first-order valence-corrected chi connectivity index (χ1v) is 6.76. The number of hydrogen-bond donors (Lipinski definition) is 2. The van der Waals surface area contributed by atoms with Gasteiger partial charge in [-0.1, -0.05) is 11.6 Å². The van der Waals surface area contributed by atoms with E-state index >= 15 is 0 Å². The van der Waals surface area contributed by atoms with E-state index in [-0.39, 0.29) is 12.5 Å². The largest absolute Gasteiger partial charge is 0.376 e. The Kier molecular flexibility index (Phi) is 4.81. The molecule has 0 atom stereocenters. The zero-order valence-electron chi connectivity index (χ0n) is 11.5. The van der Waals surface area contributed by atoms with Crippen molar-refractivity contribution in [3.8, 4) is 6.07 Å². The molecule has 0 saturated heterocycles. The highest BCUT2D eigenvalue weighted by atomic mass is 35.5. The maximum absolute atomic E-state index is 11.9. The third-order valence-corrected chi connectivity index (χ3v) is 3.16. The minimum atomic E-state index is -0.158. The lowest BCUT2D eigenvalue weighted by Gasteiger charge is -2.10. The fraction of sp³-hybridized carbons (Fsp3) is 0.125. The number of benzene rings is 2. The molecule has 106 valence electrons. The summed E-state index contributed by atoms with van der Waals surface area (Å²) in [5, 5.41) is 15.2. The summed E-state index contributed by atoms with van der Waals surface area (Å²) in [5.41, 5.74) is 3.07. The number of nitrogens with zero attached hydrogens (tertiary/aromatic N) is 1. The molecule has 2 aromatic carbocycles. The van der Waals surface area contributed by atoms with Crippen LogP contribution in [0.15, 0.2) is 42.5 Å². The van der Waals surface area contributed by atoms with Gasteiger partial charge in [-0.15, -0.1) is 0 Å². The average molecular weight is 300 g/mol. The van der Waals surface area contributed by atoms with Crippen molar-refractivity contribution in [1.29, 1.82) is 5.26 Å². The molecule has 0 aliphatic rings. The summed E-state index contributed by atoms with van der Waals surface area (Å²) in [6, 6.07) is 14.2. The topological polar surface area (TPSA) is 64.9 Å². The smallest absolute Gasteiger partial charge is 0.243 e. The Balaban J connectivity index is 1.91. The van der Waals surface area contributed by atoms with Gasteiger partial charge in [0.25, 0.3) is 0 Å². The molecule has 0 bridgehead atoms. The summed E-state index contributed by atoms with van der Waals surface area (Å²) in [6.07, 6.45) is 0. The molecule has 4 nitrogen and oxygen atoms in total. The highest BCUT2D eigenvalue weighted by Crippen LogP contribution is 2.19. The summed E-state index contributed by atoms with van der Waals surface area (Å²) in [6.45, 7) is 2.08. The van der Waals surface area contributed by atoms with Crippen molar-refractivity contribution in [3.63, 3.8) is 0 Å². The quantitative estimate of drug-likeness (QED) is 0.907. The lowest BCUT2D eigenvalue weighted by atomic mass is 10.2. The molecule has 0 fully saturated rings. The van der Waals surface area contributed by atoms with E-state index in [2.05, 4.69) is 10.6 Å². The van der Waals surface area contributed by atoms with Gasteiger partial charge in [0.15, 0.2) is 0 Å². The Morgan fingerprint density at radius 2 is 1.95 bits per heavy atom. The van der Waals surface area contributed by atoms with Crippen molar-refractivity contribution in [1.82, 2.24) is 0 Å². The lowest BCUT2D eigenvalue weighted by molar-refractivity contribution is -0.114. The third-order valence-electron chi connectivity index (χ3n) is 2.93. The fourth-order valence-electron chi connectivity index (χ4n) is 1.83. The maximum Gasteiger partial charge on any atom is 0.243 e. The molecule has 2 aromatic rings. The van der Waals surface area contributed by atoms with Crippen LogP contribution >= 0.6 is 11.6 Å². The van der Waals surface area contributed by atoms with Gasteiger partial charge in [0, 0.05) is 16.4 Å². The normalized spacial score (nSPS) is 9.76. The van der Waals surface area contributed by atoms with Crippen molar-refractivity contribution in [2.75, 3.05) is 17.2 Å². The number of rotatable bonds is 4. The first-order valence-electron chi connectivity index (χ1n) is 6.38. The van der Waals surface area contributed by atoms with Gasteiger partial charge in [0.05, 0.1) is 18.2 Å². The maximum atomic E-state index is 11.9. The SMILES string of the molecule is Cc1cc(Cl)ccc1NCC(=O)Nc1ccc(C#N)cc1. The molecule has 21 heavy (non-hydrogen) atoms. The van der Waals surface area contributed by atoms with Crippen LogP contribution in [-0.2, 0) is 4.79 Å². The number of amides is 1. The molecule has 0 spiro atoms. The van der Waals surface area contributed by atoms with Gasteiger partial charge in [-0.05, 0) is 55.0 Å². The molecular formula is C16H14ClN3O. The van der Waals surface area contributed by atoms with Crippen molar-refractivity contribution in [2.45, 2.75) is 6.92 Å². The highest BCUT2D eigenvalue weighted by molar-refractivity contribution is 6.30. The van der Waals surface area contributed by atoms with Crippen LogP contribution in [0.4, 0.5) is 11.4 Å². The Labute approximate surface area is 128 Å². The molecule has 0 aliphatic heterocycles. The molecule has 0 aromatic heterocycles. The Hall–Kier alpha value is -2.51. The van der Waals surface area contributed by atoms with E-state index < -0.39 is 0 Å². The van der Waals surface area contributed by atoms with Gasteiger partial charge >= 0.3 is 0 Å².